The van der Waals surface area contributed by atoms with Crippen LogP contribution < -0.4 is 10.1 Å². The van der Waals surface area contributed by atoms with E-state index >= 15 is 0 Å². The summed E-state index contributed by atoms with van der Waals surface area (Å²) >= 11 is 0. The first-order chi connectivity index (χ1) is 10.7. The Morgan fingerprint density at radius 1 is 1.23 bits per heavy atom. The van der Waals surface area contributed by atoms with Crippen molar-refractivity contribution in [1.82, 2.24) is 10.3 Å². The van der Waals surface area contributed by atoms with Crippen molar-refractivity contribution in [3.05, 3.63) is 54.2 Å². The summed E-state index contributed by atoms with van der Waals surface area (Å²) in [7, 11) is 0. The standard InChI is InChI=1S/C17H18N2O3/c20-12-17(8-9-17)11-19-16(21)13-6-7-15(18-10-13)22-14-4-2-1-3-5-14/h1-7,10,20H,8-9,11-12H2,(H,19,21). The van der Waals surface area contributed by atoms with Gasteiger partial charge in [0.05, 0.1) is 12.2 Å². The number of aliphatic hydroxyl groups excluding tert-OH is 1. The molecular weight excluding hydrogens is 280 g/mol. The molecule has 1 aromatic carbocycles. The van der Waals surface area contributed by atoms with Gasteiger partial charge in [-0.25, -0.2) is 4.98 Å². The maximum atomic E-state index is 12.0. The highest BCUT2D eigenvalue weighted by Gasteiger charge is 2.42. The SMILES string of the molecule is O=C(NCC1(CO)CC1)c1ccc(Oc2ccccc2)nc1. The van der Waals surface area contributed by atoms with E-state index in [1.54, 1.807) is 12.1 Å². The Hall–Kier alpha value is -2.40. The molecule has 1 aliphatic carbocycles. The number of hydrogen-bond donors (Lipinski definition) is 2. The van der Waals surface area contributed by atoms with E-state index in [9.17, 15) is 9.90 Å². The fraction of sp³-hybridized carbons (Fsp3) is 0.294. The van der Waals surface area contributed by atoms with Gasteiger partial charge in [0.15, 0.2) is 0 Å². The summed E-state index contributed by atoms with van der Waals surface area (Å²) < 4.78 is 5.58. The van der Waals surface area contributed by atoms with Crippen molar-refractivity contribution in [3.8, 4) is 11.6 Å². The zero-order valence-corrected chi connectivity index (χ0v) is 12.2. The number of nitrogens with one attached hydrogen (secondary N) is 1. The lowest BCUT2D eigenvalue weighted by Gasteiger charge is -2.12. The number of hydrogen-bond acceptors (Lipinski definition) is 4. The molecule has 2 aromatic rings. The lowest BCUT2D eigenvalue weighted by atomic mass is 10.1. The van der Waals surface area contributed by atoms with Crippen LogP contribution in [0, 0.1) is 5.41 Å². The van der Waals surface area contributed by atoms with E-state index in [1.165, 1.54) is 6.20 Å². The van der Waals surface area contributed by atoms with Gasteiger partial charge in [0, 0.05) is 24.2 Å². The number of aliphatic hydroxyl groups is 1. The van der Waals surface area contributed by atoms with Crippen LogP contribution in [0.15, 0.2) is 48.7 Å². The molecule has 0 radical (unpaired) electrons. The molecule has 22 heavy (non-hydrogen) atoms. The Kier molecular flexibility index (Phi) is 4.06. The summed E-state index contributed by atoms with van der Waals surface area (Å²) in [5, 5.41) is 12.1. The zero-order chi connectivity index (χ0) is 15.4. The smallest absolute Gasteiger partial charge is 0.252 e. The molecule has 5 heteroatoms. The second kappa shape index (κ2) is 6.15. The lowest BCUT2D eigenvalue weighted by Crippen LogP contribution is -2.31. The number of carbonyl (C=O) groups excluding carboxylic acids is 1. The van der Waals surface area contributed by atoms with Crippen LogP contribution in [0.3, 0.4) is 0 Å². The van der Waals surface area contributed by atoms with Gasteiger partial charge in [0.1, 0.15) is 5.75 Å². The maximum Gasteiger partial charge on any atom is 0.252 e. The largest absolute Gasteiger partial charge is 0.439 e. The molecule has 0 aliphatic heterocycles. The van der Waals surface area contributed by atoms with Crippen LogP contribution in [-0.2, 0) is 0 Å². The normalized spacial score (nSPS) is 15.1. The van der Waals surface area contributed by atoms with Crippen molar-refractivity contribution >= 4 is 5.91 Å². The van der Waals surface area contributed by atoms with E-state index in [1.807, 2.05) is 30.3 Å². The molecule has 0 saturated heterocycles. The van der Waals surface area contributed by atoms with Crippen LogP contribution in [0.1, 0.15) is 23.2 Å². The van der Waals surface area contributed by atoms with Gasteiger partial charge in [0.25, 0.3) is 5.91 Å². The van der Waals surface area contributed by atoms with Crippen molar-refractivity contribution in [2.24, 2.45) is 5.41 Å². The Labute approximate surface area is 129 Å². The second-order valence-electron chi connectivity index (χ2n) is 5.64. The van der Waals surface area contributed by atoms with Crippen molar-refractivity contribution in [3.63, 3.8) is 0 Å². The molecule has 114 valence electrons. The summed E-state index contributed by atoms with van der Waals surface area (Å²) in [6.07, 6.45) is 3.42. The number of rotatable bonds is 6. The number of ether oxygens (including phenoxy) is 1. The second-order valence-corrected chi connectivity index (χ2v) is 5.64. The number of para-hydroxylation sites is 1. The van der Waals surface area contributed by atoms with E-state index in [2.05, 4.69) is 10.3 Å². The molecule has 2 N–H and O–H groups in total. The monoisotopic (exact) mass is 298 g/mol. The minimum atomic E-state index is -0.182. The molecule has 1 amide bonds. The van der Waals surface area contributed by atoms with Crippen LogP contribution in [0.2, 0.25) is 0 Å². The zero-order valence-electron chi connectivity index (χ0n) is 12.2. The first-order valence-electron chi connectivity index (χ1n) is 7.29. The highest BCUT2D eigenvalue weighted by Crippen LogP contribution is 2.44. The van der Waals surface area contributed by atoms with Crippen LogP contribution in [-0.4, -0.2) is 29.1 Å². The third-order valence-electron chi connectivity index (χ3n) is 3.88. The van der Waals surface area contributed by atoms with Crippen molar-refractivity contribution < 1.29 is 14.6 Å². The Bertz CT molecular complexity index is 637. The number of aromatic nitrogens is 1. The molecule has 0 bridgehead atoms. The highest BCUT2D eigenvalue weighted by atomic mass is 16.5. The van der Waals surface area contributed by atoms with Gasteiger partial charge >= 0.3 is 0 Å². The fourth-order valence-electron chi connectivity index (χ4n) is 2.12. The summed E-state index contributed by atoms with van der Waals surface area (Å²) in [6.45, 7) is 0.625. The molecule has 1 fully saturated rings. The molecule has 1 saturated carbocycles. The van der Waals surface area contributed by atoms with E-state index in [0.717, 1.165) is 12.8 Å². The minimum absolute atomic E-state index is 0.0978. The predicted octanol–water partition coefficient (Wildman–Crippen LogP) is 2.38. The number of benzene rings is 1. The highest BCUT2D eigenvalue weighted by molar-refractivity contribution is 5.93. The number of carbonyl (C=O) groups is 1. The van der Waals surface area contributed by atoms with Crippen molar-refractivity contribution in [2.75, 3.05) is 13.2 Å². The molecule has 1 aromatic heterocycles. The average molecular weight is 298 g/mol. The Balaban J connectivity index is 1.58. The average Bonchev–Trinajstić information content (AvgIpc) is 3.35. The fourth-order valence-corrected chi connectivity index (χ4v) is 2.12. The van der Waals surface area contributed by atoms with E-state index in [0.29, 0.717) is 23.7 Å². The molecule has 1 heterocycles. The number of amides is 1. The molecular formula is C17H18N2O3. The summed E-state index contributed by atoms with van der Waals surface area (Å²) in [6, 6.07) is 12.7. The first-order valence-corrected chi connectivity index (χ1v) is 7.29. The first kappa shape index (κ1) is 14.5. The quantitative estimate of drug-likeness (QED) is 0.859. The van der Waals surface area contributed by atoms with Gasteiger partial charge in [-0.15, -0.1) is 0 Å². The van der Waals surface area contributed by atoms with Crippen molar-refractivity contribution in [2.45, 2.75) is 12.8 Å². The summed E-state index contributed by atoms with van der Waals surface area (Å²) in [4.78, 5) is 16.2. The van der Waals surface area contributed by atoms with Gasteiger partial charge in [-0.05, 0) is 31.0 Å². The van der Waals surface area contributed by atoms with Crippen LogP contribution in [0.25, 0.3) is 0 Å². The Morgan fingerprint density at radius 3 is 2.59 bits per heavy atom. The van der Waals surface area contributed by atoms with Crippen LogP contribution in [0.4, 0.5) is 0 Å². The van der Waals surface area contributed by atoms with E-state index < -0.39 is 0 Å². The third-order valence-corrected chi connectivity index (χ3v) is 3.88. The van der Waals surface area contributed by atoms with Gasteiger partial charge < -0.3 is 15.2 Å². The van der Waals surface area contributed by atoms with Gasteiger partial charge in [-0.2, -0.15) is 0 Å². The number of nitrogens with zero attached hydrogens (tertiary/aromatic N) is 1. The van der Waals surface area contributed by atoms with Crippen molar-refractivity contribution in [1.29, 1.82) is 0 Å². The third kappa shape index (κ3) is 3.43. The molecule has 0 atom stereocenters. The van der Waals surface area contributed by atoms with Crippen LogP contribution >= 0.6 is 0 Å². The van der Waals surface area contributed by atoms with Gasteiger partial charge in [-0.3, -0.25) is 4.79 Å². The van der Waals surface area contributed by atoms with Gasteiger partial charge in [-0.1, -0.05) is 18.2 Å². The summed E-state index contributed by atoms with van der Waals surface area (Å²) in [5.41, 5.74) is 0.383. The minimum Gasteiger partial charge on any atom is -0.439 e. The molecule has 0 spiro atoms. The molecule has 0 unspecified atom stereocenters. The Morgan fingerprint density at radius 2 is 2.00 bits per heavy atom. The van der Waals surface area contributed by atoms with Gasteiger partial charge in [0.2, 0.25) is 5.88 Å². The molecule has 5 nitrogen and oxygen atoms in total. The predicted molar refractivity (Wildman–Crippen MR) is 81.8 cm³/mol. The topological polar surface area (TPSA) is 71.5 Å². The van der Waals surface area contributed by atoms with Crippen LogP contribution in [0.5, 0.6) is 11.6 Å². The summed E-state index contributed by atoms with van der Waals surface area (Å²) in [5.74, 6) is 0.959. The van der Waals surface area contributed by atoms with E-state index in [-0.39, 0.29) is 17.9 Å². The van der Waals surface area contributed by atoms with E-state index in [4.69, 9.17) is 4.74 Å². The molecule has 3 rings (SSSR count). The lowest BCUT2D eigenvalue weighted by molar-refractivity contribution is 0.0935. The number of pyridine rings is 1. The maximum absolute atomic E-state index is 12.0. The molecule has 1 aliphatic rings.